The number of rotatable bonds is 1. The molecule has 1 aromatic rings. The van der Waals surface area contributed by atoms with Gasteiger partial charge in [-0.3, -0.25) is 0 Å². The number of ether oxygens (including phenoxy) is 2. The molecule has 0 saturated heterocycles. The van der Waals surface area contributed by atoms with E-state index in [1.54, 1.807) is 0 Å². The maximum absolute atomic E-state index is 6.46. The highest BCUT2D eigenvalue weighted by atomic mass is 35.5. The third-order valence-corrected chi connectivity index (χ3v) is 4.49. The molecule has 4 heteroatoms. The van der Waals surface area contributed by atoms with Crippen molar-refractivity contribution in [3.63, 3.8) is 0 Å². The molecule has 1 N–H and O–H groups in total. The van der Waals surface area contributed by atoms with E-state index in [0.29, 0.717) is 25.2 Å². The Labute approximate surface area is 119 Å². The van der Waals surface area contributed by atoms with Crippen LogP contribution in [0.4, 0.5) is 0 Å². The molecule has 2 atom stereocenters. The Morgan fingerprint density at radius 2 is 2.11 bits per heavy atom. The van der Waals surface area contributed by atoms with Gasteiger partial charge in [0, 0.05) is 22.7 Å². The lowest BCUT2D eigenvalue weighted by molar-refractivity contribution is 0.168. The van der Waals surface area contributed by atoms with Gasteiger partial charge in [-0.05, 0) is 37.8 Å². The summed E-state index contributed by atoms with van der Waals surface area (Å²) in [6, 6.07) is 2.21. The number of nitrogens with one attached hydrogen (secondary N) is 1. The van der Waals surface area contributed by atoms with Crippen LogP contribution in [0.25, 0.3) is 0 Å². The Morgan fingerprint density at radius 3 is 2.89 bits per heavy atom. The molecule has 3 nitrogen and oxygen atoms in total. The van der Waals surface area contributed by atoms with Crippen molar-refractivity contribution >= 4 is 11.6 Å². The zero-order chi connectivity index (χ0) is 13.4. The van der Waals surface area contributed by atoms with Crippen LogP contribution < -0.4 is 14.8 Å². The van der Waals surface area contributed by atoms with E-state index in [1.807, 2.05) is 13.1 Å². The Bertz CT molecular complexity index is 490. The Hall–Kier alpha value is -0.930. The van der Waals surface area contributed by atoms with Crippen LogP contribution in [-0.2, 0) is 6.42 Å². The minimum Gasteiger partial charge on any atom is -0.486 e. The van der Waals surface area contributed by atoms with Gasteiger partial charge in [0.1, 0.15) is 13.2 Å². The van der Waals surface area contributed by atoms with E-state index in [1.165, 1.54) is 17.5 Å². The molecule has 0 bridgehead atoms. The quantitative estimate of drug-likeness (QED) is 0.801. The molecule has 0 radical (unpaired) electrons. The van der Waals surface area contributed by atoms with Gasteiger partial charge in [-0.1, -0.05) is 18.5 Å². The molecule has 19 heavy (non-hydrogen) atoms. The number of hydrogen-bond donors (Lipinski definition) is 1. The predicted octanol–water partition coefficient (Wildman–Crippen LogP) is 3.34. The summed E-state index contributed by atoms with van der Waals surface area (Å²) in [6.07, 6.45) is 3.30. The summed E-state index contributed by atoms with van der Waals surface area (Å²) in [5.74, 6) is 2.38. The first-order chi connectivity index (χ1) is 9.20. The van der Waals surface area contributed by atoms with Gasteiger partial charge in [-0.15, -0.1) is 0 Å². The normalized spacial score (nSPS) is 25.6. The number of benzene rings is 1. The van der Waals surface area contributed by atoms with Crippen LogP contribution >= 0.6 is 11.6 Å². The number of halogens is 1. The molecular weight excluding hydrogens is 262 g/mol. The van der Waals surface area contributed by atoms with Crippen molar-refractivity contribution < 1.29 is 9.47 Å². The minimum atomic E-state index is 0.293. The number of fused-ring (bicyclic) bond motifs is 3. The molecule has 1 aromatic carbocycles. The van der Waals surface area contributed by atoms with Crippen LogP contribution in [0.3, 0.4) is 0 Å². The zero-order valence-corrected chi connectivity index (χ0v) is 12.2. The summed E-state index contributed by atoms with van der Waals surface area (Å²) in [6.45, 7) is 3.52. The van der Waals surface area contributed by atoms with E-state index in [0.717, 1.165) is 29.4 Å². The molecule has 2 unspecified atom stereocenters. The van der Waals surface area contributed by atoms with Crippen molar-refractivity contribution in [3.05, 3.63) is 22.2 Å². The molecule has 104 valence electrons. The highest BCUT2D eigenvalue weighted by molar-refractivity contribution is 6.31. The van der Waals surface area contributed by atoms with Gasteiger partial charge in [0.2, 0.25) is 0 Å². The fraction of sp³-hybridized carbons (Fsp3) is 0.600. The Kier molecular flexibility index (Phi) is 3.59. The molecule has 3 rings (SSSR count). The largest absolute Gasteiger partial charge is 0.486 e. The number of hydrogen-bond acceptors (Lipinski definition) is 3. The van der Waals surface area contributed by atoms with Crippen molar-refractivity contribution in [2.24, 2.45) is 5.92 Å². The van der Waals surface area contributed by atoms with Crippen LogP contribution in [0.15, 0.2) is 6.07 Å². The smallest absolute Gasteiger partial charge is 0.166 e. The van der Waals surface area contributed by atoms with E-state index in [2.05, 4.69) is 12.2 Å². The maximum atomic E-state index is 6.46. The molecule has 1 heterocycles. The van der Waals surface area contributed by atoms with Crippen molar-refractivity contribution in [3.8, 4) is 11.5 Å². The molecule has 0 spiro atoms. The highest BCUT2D eigenvalue weighted by Gasteiger charge is 2.30. The summed E-state index contributed by atoms with van der Waals surface area (Å²) < 4.78 is 11.6. The van der Waals surface area contributed by atoms with Crippen molar-refractivity contribution in [1.82, 2.24) is 5.32 Å². The molecule has 1 aliphatic heterocycles. The molecule has 1 aliphatic carbocycles. The average Bonchev–Trinajstić information content (AvgIpc) is 2.59. The SMILES string of the molecule is CNC1CC(C)CCc2c(Cl)cc3c(c21)OCCO3. The first-order valence-corrected chi connectivity index (χ1v) is 7.36. The van der Waals surface area contributed by atoms with Gasteiger partial charge in [-0.2, -0.15) is 0 Å². The summed E-state index contributed by atoms with van der Waals surface area (Å²) in [4.78, 5) is 0. The van der Waals surface area contributed by atoms with Gasteiger partial charge in [0.05, 0.1) is 0 Å². The predicted molar refractivity (Wildman–Crippen MR) is 76.3 cm³/mol. The summed E-state index contributed by atoms with van der Waals surface area (Å²) >= 11 is 6.46. The molecule has 0 fully saturated rings. The lowest BCUT2D eigenvalue weighted by Crippen LogP contribution is -2.23. The van der Waals surface area contributed by atoms with Crippen LogP contribution in [0, 0.1) is 5.92 Å². The van der Waals surface area contributed by atoms with E-state index < -0.39 is 0 Å². The van der Waals surface area contributed by atoms with Crippen LogP contribution in [0.5, 0.6) is 11.5 Å². The van der Waals surface area contributed by atoms with Gasteiger partial charge >= 0.3 is 0 Å². The first kappa shape index (κ1) is 13.1. The summed E-state index contributed by atoms with van der Waals surface area (Å²) in [5.41, 5.74) is 2.45. The second kappa shape index (κ2) is 5.22. The lowest BCUT2D eigenvalue weighted by Gasteiger charge is -2.27. The molecule has 0 aromatic heterocycles. The standard InChI is InChI=1S/C15H20ClNO2/c1-9-3-4-10-11(16)8-13-15(19-6-5-18-13)14(10)12(7-9)17-2/h8-9,12,17H,3-7H2,1-2H3. The molecule has 2 aliphatic rings. The van der Waals surface area contributed by atoms with Crippen LogP contribution in [0.2, 0.25) is 5.02 Å². The minimum absolute atomic E-state index is 0.293. The zero-order valence-electron chi connectivity index (χ0n) is 11.5. The second-order valence-electron chi connectivity index (χ2n) is 5.50. The van der Waals surface area contributed by atoms with Gasteiger partial charge < -0.3 is 14.8 Å². The maximum Gasteiger partial charge on any atom is 0.166 e. The third kappa shape index (κ3) is 2.30. The summed E-state index contributed by atoms with van der Waals surface area (Å²) in [7, 11) is 2.00. The van der Waals surface area contributed by atoms with E-state index in [4.69, 9.17) is 21.1 Å². The third-order valence-electron chi connectivity index (χ3n) is 4.15. The van der Waals surface area contributed by atoms with Crippen molar-refractivity contribution in [1.29, 1.82) is 0 Å². The first-order valence-electron chi connectivity index (χ1n) is 6.98. The fourth-order valence-electron chi connectivity index (χ4n) is 3.13. The Morgan fingerprint density at radius 1 is 1.32 bits per heavy atom. The van der Waals surface area contributed by atoms with E-state index in [-0.39, 0.29) is 0 Å². The van der Waals surface area contributed by atoms with E-state index in [9.17, 15) is 0 Å². The Balaban J connectivity index is 2.16. The molecule has 0 amide bonds. The van der Waals surface area contributed by atoms with Gasteiger partial charge in [-0.25, -0.2) is 0 Å². The van der Waals surface area contributed by atoms with E-state index >= 15 is 0 Å². The van der Waals surface area contributed by atoms with Gasteiger partial charge in [0.15, 0.2) is 11.5 Å². The van der Waals surface area contributed by atoms with Gasteiger partial charge in [0.25, 0.3) is 0 Å². The topological polar surface area (TPSA) is 30.5 Å². The average molecular weight is 282 g/mol. The lowest BCUT2D eigenvalue weighted by atomic mass is 9.95. The highest BCUT2D eigenvalue weighted by Crippen LogP contribution is 2.46. The van der Waals surface area contributed by atoms with Crippen molar-refractivity contribution in [2.75, 3.05) is 20.3 Å². The summed E-state index contributed by atoms with van der Waals surface area (Å²) in [5, 5.41) is 4.23. The molecule has 0 saturated carbocycles. The van der Waals surface area contributed by atoms with Crippen molar-refractivity contribution in [2.45, 2.75) is 32.2 Å². The van der Waals surface area contributed by atoms with Crippen LogP contribution in [-0.4, -0.2) is 20.3 Å². The monoisotopic (exact) mass is 281 g/mol. The second-order valence-corrected chi connectivity index (χ2v) is 5.90. The molecular formula is C15H20ClNO2. The fourth-order valence-corrected chi connectivity index (χ4v) is 3.43. The van der Waals surface area contributed by atoms with Crippen LogP contribution in [0.1, 0.15) is 36.9 Å².